The number of para-hydroxylation sites is 1. The van der Waals surface area contributed by atoms with Crippen molar-refractivity contribution >= 4 is 28.5 Å². The van der Waals surface area contributed by atoms with Crippen LogP contribution in [0.4, 0.5) is 5.69 Å². The van der Waals surface area contributed by atoms with Crippen molar-refractivity contribution < 1.29 is 4.79 Å². The van der Waals surface area contributed by atoms with Gasteiger partial charge in [0, 0.05) is 17.4 Å². The zero-order valence-electron chi connectivity index (χ0n) is 12.5. The largest absolute Gasteiger partial charge is 0.283 e. The zero-order valence-corrected chi connectivity index (χ0v) is 13.3. The lowest BCUT2D eigenvalue weighted by atomic mass is 10.1. The van der Waals surface area contributed by atoms with Crippen LogP contribution in [0.5, 0.6) is 0 Å². The SMILES string of the molecule is CC[C@@H]1CSC(=Nc2ccccc2)N1C(=O)c1ccccc1. The molecule has 0 N–H and O–H groups in total. The molecule has 2 aromatic carbocycles. The summed E-state index contributed by atoms with van der Waals surface area (Å²) in [5.41, 5.74) is 1.59. The average molecular weight is 310 g/mol. The number of hydrogen-bond donors (Lipinski definition) is 0. The molecule has 0 saturated carbocycles. The Bertz CT molecular complexity index is 670. The number of hydrogen-bond acceptors (Lipinski definition) is 3. The smallest absolute Gasteiger partial charge is 0.260 e. The summed E-state index contributed by atoms with van der Waals surface area (Å²) in [6.45, 7) is 2.11. The molecule has 1 aliphatic rings. The highest BCUT2D eigenvalue weighted by atomic mass is 32.2. The fourth-order valence-corrected chi connectivity index (χ4v) is 3.71. The van der Waals surface area contributed by atoms with Crippen molar-refractivity contribution in [2.45, 2.75) is 19.4 Å². The van der Waals surface area contributed by atoms with Gasteiger partial charge in [0.1, 0.15) is 0 Å². The fraction of sp³-hybridized carbons (Fsp3) is 0.222. The molecule has 0 bridgehead atoms. The second-order valence-corrected chi connectivity index (χ2v) is 6.13. The molecule has 0 unspecified atom stereocenters. The van der Waals surface area contributed by atoms with Crippen molar-refractivity contribution in [3.8, 4) is 0 Å². The first-order chi connectivity index (χ1) is 10.8. The Morgan fingerprint density at radius 2 is 1.77 bits per heavy atom. The normalized spacial score (nSPS) is 19.6. The summed E-state index contributed by atoms with van der Waals surface area (Å²) < 4.78 is 0. The number of aliphatic imine (C=N–C) groups is 1. The third kappa shape index (κ3) is 3.07. The third-order valence-corrected chi connectivity index (χ3v) is 4.77. The Morgan fingerprint density at radius 3 is 2.41 bits per heavy atom. The minimum absolute atomic E-state index is 0.0344. The molecule has 4 heteroatoms. The van der Waals surface area contributed by atoms with Crippen molar-refractivity contribution in [2.75, 3.05) is 5.75 Å². The van der Waals surface area contributed by atoms with Crippen LogP contribution in [0.25, 0.3) is 0 Å². The summed E-state index contributed by atoms with van der Waals surface area (Å²) in [7, 11) is 0. The minimum Gasteiger partial charge on any atom is -0.283 e. The quantitative estimate of drug-likeness (QED) is 0.844. The summed E-state index contributed by atoms with van der Waals surface area (Å²) in [6, 6.07) is 19.4. The van der Waals surface area contributed by atoms with E-state index in [-0.39, 0.29) is 11.9 Å². The first-order valence-electron chi connectivity index (χ1n) is 7.44. The molecule has 1 fully saturated rings. The lowest BCUT2D eigenvalue weighted by Crippen LogP contribution is -2.38. The van der Waals surface area contributed by atoms with E-state index in [1.807, 2.05) is 65.6 Å². The molecule has 0 radical (unpaired) electrons. The van der Waals surface area contributed by atoms with E-state index in [1.54, 1.807) is 11.8 Å². The van der Waals surface area contributed by atoms with Gasteiger partial charge in [-0.15, -0.1) is 0 Å². The molecule has 0 spiro atoms. The molecule has 2 aromatic rings. The molecule has 3 rings (SSSR count). The van der Waals surface area contributed by atoms with E-state index >= 15 is 0 Å². The van der Waals surface area contributed by atoms with Gasteiger partial charge in [-0.2, -0.15) is 0 Å². The van der Waals surface area contributed by atoms with Crippen LogP contribution in [0.1, 0.15) is 23.7 Å². The predicted molar refractivity (Wildman–Crippen MR) is 92.7 cm³/mol. The molecule has 112 valence electrons. The molecule has 0 aliphatic carbocycles. The Morgan fingerprint density at radius 1 is 1.14 bits per heavy atom. The lowest BCUT2D eigenvalue weighted by molar-refractivity contribution is 0.0819. The number of carbonyl (C=O) groups is 1. The van der Waals surface area contributed by atoms with Crippen LogP contribution in [0.2, 0.25) is 0 Å². The van der Waals surface area contributed by atoms with Gasteiger partial charge in [0.2, 0.25) is 0 Å². The first kappa shape index (κ1) is 14.9. The van der Waals surface area contributed by atoms with Crippen molar-refractivity contribution in [3.63, 3.8) is 0 Å². The number of amidine groups is 1. The van der Waals surface area contributed by atoms with E-state index in [9.17, 15) is 4.79 Å². The topological polar surface area (TPSA) is 32.7 Å². The molecule has 1 aliphatic heterocycles. The van der Waals surface area contributed by atoms with Crippen LogP contribution in [-0.2, 0) is 0 Å². The van der Waals surface area contributed by atoms with E-state index < -0.39 is 0 Å². The van der Waals surface area contributed by atoms with Crippen LogP contribution in [0.3, 0.4) is 0 Å². The van der Waals surface area contributed by atoms with E-state index in [2.05, 4.69) is 11.9 Å². The number of thioether (sulfide) groups is 1. The lowest BCUT2D eigenvalue weighted by Gasteiger charge is -2.23. The molecule has 1 saturated heterocycles. The van der Waals surface area contributed by atoms with Gasteiger partial charge in [-0.1, -0.05) is 55.1 Å². The van der Waals surface area contributed by atoms with Gasteiger partial charge in [-0.25, -0.2) is 4.99 Å². The zero-order chi connectivity index (χ0) is 15.4. The van der Waals surface area contributed by atoms with E-state index in [0.29, 0.717) is 5.56 Å². The summed E-state index contributed by atoms with van der Waals surface area (Å²) >= 11 is 1.66. The van der Waals surface area contributed by atoms with Crippen molar-refractivity contribution in [1.82, 2.24) is 4.90 Å². The molecular formula is C18H18N2OS. The number of carbonyl (C=O) groups excluding carboxylic acids is 1. The van der Waals surface area contributed by atoms with Gasteiger partial charge in [0.15, 0.2) is 5.17 Å². The molecule has 3 nitrogen and oxygen atoms in total. The Labute approximate surface area is 135 Å². The summed E-state index contributed by atoms with van der Waals surface area (Å²) in [5.74, 6) is 0.938. The maximum Gasteiger partial charge on any atom is 0.260 e. The van der Waals surface area contributed by atoms with Gasteiger partial charge in [0.05, 0.1) is 5.69 Å². The number of rotatable bonds is 3. The number of nitrogens with zero attached hydrogens (tertiary/aromatic N) is 2. The van der Waals surface area contributed by atoms with E-state index in [0.717, 1.165) is 23.0 Å². The van der Waals surface area contributed by atoms with Crippen LogP contribution in [-0.4, -0.2) is 27.8 Å². The Kier molecular flexibility index (Phi) is 4.59. The van der Waals surface area contributed by atoms with Gasteiger partial charge in [-0.3, -0.25) is 9.69 Å². The van der Waals surface area contributed by atoms with E-state index in [4.69, 9.17) is 0 Å². The summed E-state index contributed by atoms with van der Waals surface area (Å²) in [4.78, 5) is 19.4. The van der Waals surface area contributed by atoms with Crippen LogP contribution in [0, 0.1) is 0 Å². The van der Waals surface area contributed by atoms with Crippen molar-refractivity contribution in [3.05, 3.63) is 66.2 Å². The van der Waals surface area contributed by atoms with Crippen molar-refractivity contribution in [2.24, 2.45) is 4.99 Å². The molecular weight excluding hydrogens is 292 g/mol. The highest BCUT2D eigenvalue weighted by Gasteiger charge is 2.34. The standard InChI is InChI=1S/C18H18N2OS/c1-2-16-13-22-18(19-15-11-7-4-8-12-15)20(16)17(21)14-9-5-3-6-10-14/h3-12,16H,2,13H2,1H3/t16-/m1/s1. The molecule has 1 amide bonds. The molecule has 1 atom stereocenters. The second kappa shape index (κ2) is 6.79. The summed E-state index contributed by atoms with van der Waals surface area (Å²) in [5, 5.41) is 0.798. The van der Waals surface area contributed by atoms with Crippen LogP contribution >= 0.6 is 11.8 Å². The fourth-order valence-electron chi connectivity index (χ4n) is 2.44. The Hall–Kier alpha value is -2.07. The molecule has 22 heavy (non-hydrogen) atoms. The van der Waals surface area contributed by atoms with Gasteiger partial charge < -0.3 is 0 Å². The highest BCUT2D eigenvalue weighted by molar-refractivity contribution is 8.14. The maximum atomic E-state index is 12.8. The maximum absolute atomic E-state index is 12.8. The monoisotopic (exact) mass is 310 g/mol. The Balaban J connectivity index is 1.93. The average Bonchev–Trinajstić information content (AvgIpc) is 2.98. The van der Waals surface area contributed by atoms with Gasteiger partial charge in [0.25, 0.3) is 5.91 Å². The minimum atomic E-state index is 0.0344. The van der Waals surface area contributed by atoms with E-state index in [1.165, 1.54) is 0 Å². The third-order valence-electron chi connectivity index (χ3n) is 3.67. The summed E-state index contributed by atoms with van der Waals surface area (Å²) in [6.07, 6.45) is 0.930. The number of benzene rings is 2. The van der Waals surface area contributed by atoms with Crippen molar-refractivity contribution in [1.29, 1.82) is 0 Å². The van der Waals surface area contributed by atoms with Gasteiger partial charge >= 0.3 is 0 Å². The molecule has 1 heterocycles. The van der Waals surface area contributed by atoms with Crippen LogP contribution in [0.15, 0.2) is 65.7 Å². The molecule has 0 aromatic heterocycles. The first-order valence-corrected chi connectivity index (χ1v) is 8.43. The second-order valence-electron chi connectivity index (χ2n) is 5.14. The number of amides is 1. The predicted octanol–water partition coefficient (Wildman–Crippen LogP) is 4.34. The highest BCUT2D eigenvalue weighted by Crippen LogP contribution is 2.30. The van der Waals surface area contributed by atoms with Crippen LogP contribution < -0.4 is 0 Å². The van der Waals surface area contributed by atoms with Gasteiger partial charge in [-0.05, 0) is 30.7 Å².